The smallest absolute Gasteiger partial charge is 0.424 e. The van der Waals surface area contributed by atoms with E-state index in [0.29, 0.717) is 11.3 Å². The quantitative estimate of drug-likeness (QED) is 0.187. The molecule has 3 aromatic rings. The highest BCUT2D eigenvalue weighted by Crippen LogP contribution is 2.43. The summed E-state index contributed by atoms with van der Waals surface area (Å²) in [6.45, 7) is 7.20. The van der Waals surface area contributed by atoms with E-state index in [1.807, 2.05) is 25.2 Å². The molecule has 0 bridgehead atoms. The number of benzene rings is 3. The molecule has 0 amide bonds. The van der Waals surface area contributed by atoms with Crippen molar-refractivity contribution in [1.82, 2.24) is 0 Å². The monoisotopic (exact) mass is 478 g/mol. The van der Waals surface area contributed by atoms with Gasteiger partial charge in [0.1, 0.15) is 18.2 Å². The molecule has 3 aromatic carbocycles. The first kappa shape index (κ1) is 22.6. The molecule has 0 saturated carbocycles. The lowest BCUT2D eigenvalue weighted by atomic mass is 9.91. The van der Waals surface area contributed by atoms with Crippen molar-refractivity contribution in [2.75, 3.05) is 36.5 Å². The van der Waals surface area contributed by atoms with Gasteiger partial charge in [0.25, 0.3) is 0 Å². The number of aryl methyl sites for hydroxylation is 2. The Balaban J connectivity index is 1.78. The van der Waals surface area contributed by atoms with Crippen LogP contribution in [-0.4, -0.2) is 26.7 Å². The molecule has 3 aliphatic heterocycles. The normalized spacial score (nSPS) is 13.5. The molecule has 0 atom stereocenters. The van der Waals surface area contributed by atoms with Crippen LogP contribution in [0.25, 0.3) is 44.3 Å². The van der Waals surface area contributed by atoms with Gasteiger partial charge < -0.3 is 14.2 Å². The van der Waals surface area contributed by atoms with Crippen LogP contribution in [0.4, 0.5) is 11.4 Å². The van der Waals surface area contributed by atoms with Crippen LogP contribution in [0.1, 0.15) is 25.8 Å². The van der Waals surface area contributed by atoms with Crippen molar-refractivity contribution in [2.24, 2.45) is 7.05 Å². The van der Waals surface area contributed by atoms with Gasteiger partial charge in [0, 0.05) is 61.1 Å². The van der Waals surface area contributed by atoms with Crippen LogP contribution in [0.3, 0.4) is 0 Å². The van der Waals surface area contributed by atoms with Crippen molar-refractivity contribution in [3.63, 3.8) is 0 Å². The molecule has 5 heteroatoms. The molecule has 0 unspecified atom stereocenters. The Morgan fingerprint density at radius 1 is 0.972 bits per heavy atom. The van der Waals surface area contributed by atoms with Gasteiger partial charge in [-0.15, -0.1) is 0 Å². The minimum atomic E-state index is -0.0340. The van der Waals surface area contributed by atoms with E-state index in [-0.39, 0.29) is 5.56 Å². The van der Waals surface area contributed by atoms with E-state index >= 15 is 0 Å². The fourth-order valence-electron chi connectivity index (χ4n) is 5.84. The summed E-state index contributed by atoms with van der Waals surface area (Å²) < 4.78 is 8.49. The van der Waals surface area contributed by atoms with Crippen molar-refractivity contribution < 1.29 is 8.98 Å². The van der Waals surface area contributed by atoms with E-state index < -0.39 is 0 Å². The predicted molar refractivity (Wildman–Crippen MR) is 148 cm³/mol. The van der Waals surface area contributed by atoms with Crippen LogP contribution >= 0.6 is 0 Å². The van der Waals surface area contributed by atoms with Gasteiger partial charge in [0.05, 0.1) is 5.39 Å². The fraction of sp³-hybridized carbons (Fsp3) is 0.290. The summed E-state index contributed by atoms with van der Waals surface area (Å²) in [4.78, 5) is 18.6. The predicted octanol–water partition coefficient (Wildman–Crippen LogP) is 5.77. The van der Waals surface area contributed by atoms with E-state index in [4.69, 9.17) is 4.42 Å². The van der Waals surface area contributed by atoms with Crippen molar-refractivity contribution in [3.05, 3.63) is 76.6 Å². The lowest BCUT2D eigenvalue weighted by Gasteiger charge is -2.27. The number of nitrogens with zero attached hydrogens (tertiary/aromatic N) is 3. The van der Waals surface area contributed by atoms with Gasteiger partial charge in [-0.2, -0.15) is 4.57 Å². The first-order valence-electron chi connectivity index (χ1n) is 12.9. The van der Waals surface area contributed by atoms with Crippen molar-refractivity contribution in [2.45, 2.75) is 26.7 Å². The lowest BCUT2D eigenvalue weighted by molar-refractivity contribution is -0.658. The Hall–Kier alpha value is -3.86. The molecule has 0 radical (unpaired) electrons. The molecule has 3 aliphatic rings. The molecular formula is C31H32N3O2+. The highest BCUT2D eigenvalue weighted by atomic mass is 16.3. The van der Waals surface area contributed by atoms with Crippen LogP contribution in [0.5, 0.6) is 0 Å². The SMILES string of the molecule is CCN(CC)c1ccc2c(-c3ccccc3)c3c(=O)[n+](C)c4cc5c(cc4c-3oc2c1)CCCN5C. The minimum Gasteiger partial charge on any atom is -0.455 e. The molecule has 3 heterocycles. The van der Waals surface area contributed by atoms with Crippen molar-refractivity contribution in [1.29, 1.82) is 0 Å². The van der Waals surface area contributed by atoms with E-state index in [1.54, 1.807) is 4.57 Å². The van der Waals surface area contributed by atoms with Gasteiger partial charge in [0.15, 0.2) is 5.76 Å². The number of aromatic nitrogens is 1. The fourth-order valence-corrected chi connectivity index (χ4v) is 5.84. The van der Waals surface area contributed by atoms with E-state index in [9.17, 15) is 4.79 Å². The Morgan fingerprint density at radius 3 is 2.50 bits per heavy atom. The van der Waals surface area contributed by atoms with Gasteiger partial charge in [-0.25, -0.2) is 4.79 Å². The van der Waals surface area contributed by atoms with Crippen LogP contribution in [0.15, 0.2) is 69.9 Å². The molecule has 0 fully saturated rings. The summed E-state index contributed by atoms with van der Waals surface area (Å²) in [7, 11) is 4.00. The van der Waals surface area contributed by atoms with Crippen LogP contribution in [-0.2, 0) is 13.5 Å². The minimum absolute atomic E-state index is 0.0340. The summed E-state index contributed by atoms with van der Waals surface area (Å²) in [6.07, 6.45) is 2.16. The third kappa shape index (κ3) is 3.37. The summed E-state index contributed by atoms with van der Waals surface area (Å²) in [5, 5.41) is 1.95. The molecule has 0 N–H and O–H groups in total. The molecule has 0 aromatic heterocycles. The zero-order valence-electron chi connectivity index (χ0n) is 21.5. The summed E-state index contributed by atoms with van der Waals surface area (Å²) >= 11 is 0. The summed E-state index contributed by atoms with van der Waals surface area (Å²) in [6, 6.07) is 21.0. The molecule has 5 nitrogen and oxygen atoms in total. The average molecular weight is 479 g/mol. The Labute approximate surface area is 211 Å². The zero-order chi connectivity index (χ0) is 25.0. The second-order valence-electron chi connectivity index (χ2n) is 9.79. The summed E-state index contributed by atoms with van der Waals surface area (Å²) in [5.41, 5.74) is 7.92. The Bertz CT molecular complexity index is 1630. The molecule has 6 rings (SSSR count). The Morgan fingerprint density at radius 2 is 1.75 bits per heavy atom. The Kier molecular flexibility index (Phi) is 5.44. The average Bonchev–Trinajstić information content (AvgIpc) is 2.91. The van der Waals surface area contributed by atoms with Crippen LogP contribution in [0.2, 0.25) is 0 Å². The maximum absolute atomic E-state index is 14.0. The van der Waals surface area contributed by atoms with Gasteiger partial charge in [-0.1, -0.05) is 30.3 Å². The maximum atomic E-state index is 14.0. The van der Waals surface area contributed by atoms with Gasteiger partial charge in [-0.3, -0.25) is 0 Å². The number of hydrogen-bond donors (Lipinski definition) is 0. The number of hydrogen-bond acceptors (Lipinski definition) is 4. The summed E-state index contributed by atoms with van der Waals surface area (Å²) in [5.74, 6) is 0.673. The highest BCUT2D eigenvalue weighted by molar-refractivity contribution is 6.07. The van der Waals surface area contributed by atoms with E-state index in [1.165, 1.54) is 11.3 Å². The molecular weight excluding hydrogens is 446 g/mol. The molecule has 0 aliphatic carbocycles. The van der Waals surface area contributed by atoms with E-state index in [0.717, 1.165) is 71.2 Å². The molecule has 182 valence electrons. The number of anilines is 2. The van der Waals surface area contributed by atoms with Crippen molar-refractivity contribution in [3.8, 4) is 22.5 Å². The largest absolute Gasteiger partial charge is 0.455 e. The van der Waals surface area contributed by atoms with E-state index in [2.05, 4.69) is 73.2 Å². The number of fused-ring (bicyclic) bond motifs is 5. The highest BCUT2D eigenvalue weighted by Gasteiger charge is 2.31. The third-order valence-electron chi connectivity index (χ3n) is 7.79. The molecule has 0 spiro atoms. The van der Waals surface area contributed by atoms with Crippen LogP contribution in [0, 0.1) is 0 Å². The van der Waals surface area contributed by atoms with Gasteiger partial charge >= 0.3 is 5.56 Å². The van der Waals surface area contributed by atoms with Crippen LogP contribution < -0.4 is 19.9 Å². The molecule has 36 heavy (non-hydrogen) atoms. The lowest BCUT2D eigenvalue weighted by Crippen LogP contribution is -2.48. The zero-order valence-corrected chi connectivity index (χ0v) is 21.5. The van der Waals surface area contributed by atoms with Gasteiger partial charge in [0.2, 0.25) is 5.52 Å². The molecule has 0 saturated heterocycles. The number of rotatable bonds is 4. The standard InChI is InChI=1S/C31H32N3O2/c1-5-34(6-2)22-14-15-23-27(18-22)36-30-24-17-21-13-10-16-32(3)25(21)19-26(24)33(4)31(35)29(30)28(23)20-11-8-7-9-12-20/h7-9,11-12,14-15,17-19H,5-6,10,13,16H2,1-4H3/q+1. The number of pyridine rings is 1. The second kappa shape index (κ2) is 8.66. The third-order valence-corrected chi connectivity index (χ3v) is 7.79. The maximum Gasteiger partial charge on any atom is 0.424 e. The topological polar surface area (TPSA) is 40.6 Å². The van der Waals surface area contributed by atoms with Gasteiger partial charge in [-0.05, 0) is 56.0 Å². The second-order valence-corrected chi connectivity index (χ2v) is 9.79. The first-order chi connectivity index (χ1) is 17.5. The first-order valence-corrected chi connectivity index (χ1v) is 12.9. The van der Waals surface area contributed by atoms with Crippen molar-refractivity contribution >= 4 is 33.2 Å².